The highest BCUT2D eigenvalue weighted by molar-refractivity contribution is 5.80. The average Bonchev–Trinajstić information content (AvgIpc) is 2.27. The van der Waals surface area contributed by atoms with Gasteiger partial charge in [0.2, 0.25) is 0 Å². The van der Waals surface area contributed by atoms with Crippen LogP contribution >= 0.6 is 0 Å². The predicted molar refractivity (Wildman–Crippen MR) is 58.3 cm³/mol. The van der Waals surface area contributed by atoms with E-state index in [0.717, 1.165) is 0 Å². The number of ether oxygens (including phenoxy) is 1. The number of halogens is 3. The molecular weight excluding hydrogens is 251 g/mol. The van der Waals surface area contributed by atoms with Crippen molar-refractivity contribution in [2.75, 3.05) is 32.8 Å². The molecule has 0 saturated carbocycles. The second-order valence-electron chi connectivity index (χ2n) is 4.06. The summed E-state index contributed by atoms with van der Waals surface area (Å²) in [5, 5.41) is 8.39. The van der Waals surface area contributed by atoms with Crippen LogP contribution in [-0.4, -0.2) is 55.0 Å². The third-order valence-electron chi connectivity index (χ3n) is 2.69. The highest BCUT2D eigenvalue weighted by Gasteiger charge is 2.33. The van der Waals surface area contributed by atoms with E-state index in [1.54, 1.807) is 0 Å². The van der Waals surface area contributed by atoms with Gasteiger partial charge in [0.05, 0.1) is 13.2 Å². The zero-order chi connectivity index (χ0) is 13.6. The lowest BCUT2D eigenvalue weighted by Crippen LogP contribution is -2.36. The van der Waals surface area contributed by atoms with Crippen molar-refractivity contribution in [2.24, 2.45) is 0 Å². The van der Waals surface area contributed by atoms with Crippen LogP contribution in [0.15, 0.2) is 11.6 Å². The SMILES string of the molecule is O=C(O)/C=C(\CCCN1CCOCC1)C(F)(F)F. The summed E-state index contributed by atoms with van der Waals surface area (Å²) in [5.74, 6) is -1.56. The maximum atomic E-state index is 12.5. The summed E-state index contributed by atoms with van der Waals surface area (Å²) in [6, 6.07) is 0. The maximum absolute atomic E-state index is 12.5. The van der Waals surface area contributed by atoms with Crippen molar-refractivity contribution >= 4 is 5.97 Å². The molecule has 1 saturated heterocycles. The number of nitrogens with zero attached hydrogens (tertiary/aromatic N) is 1. The fourth-order valence-electron chi connectivity index (χ4n) is 1.76. The molecular formula is C11H16F3NO3. The molecule has 0 aromatic carbocycles. The van der Waals surface area contributed by atoms with Crippen LogP contribution in [0.3, 0.4) is 0 Å². The molecule has 1 rings (SSSR count). The van der Waals surface area contributed by atoms with E-state index in [2.05, 4.69) is 0 Å². The van der Waals surface area contributed by atoms with Crippen LogP contribution in [-0.2, 0) is 9.53 Å². The lowest BCUT2D eigenvalue weighted by molar-refractivity contribution is -0.132. The van der Waals surface area contributed by atoms with Crippen molar-refractivity contribution in [1.29, 1.82) is 0 Å². The Morgan fingerprint density at radius 3 is 2.44 bits per heavy atom. The van der Waals surface area contributed by atoms with Gasteiger partial charge >= 0.3 is 12.1 Å². The van der Waals surface area contributed by atoms with Crippen LogP contribution in [0.2, 0.25) is 0 Å². The Morgan fingerprint density at radius 2 is 1.94 bits per heavy atom. The lowest BCUT2D eigenvalue weighted by atomic mass is 10.1. The normalized spacial score (nSPS) is 18.9. The number of aliphatic carboxylic acids is 1. The zero-order valence-corrected chi connectivity index (χ0v) is 9.87. The number of carbonyl (C=O) groups is 1. The molecule has 4 nitrogen and oxygen atoms in total. The molecule has 1 N–H and O–H groups in total. The first-order valence-electron chi connectivity index (χ1n) is 5.70. The Balaban J connectivity index is 2.40. The van der Waals surface area contributed by atoms with E-state index >= 15 is 0 Å². The van der Waals surface area contributed by atoms with Crippen LogP contribution < -0.4 is 0 Å². The number of carboxylic acid groups (broad SMARTS) is 1. The summed E-state index contributed by atoms with van der Waals surface area (Å²) in [7, 11) is 0. The van der Waals surface area contributed by atoms with Gasteiger partial charge in [-0.15, -0.1) is 0 Å². The van der Waals surface area contributed by atoms with Gasteiger partial charge in [-0.05, 0) is 19.4 Å². The Kier molecular flexibility index (Phi) is 5.61. The van der Waals surface area contributed by atoms with Gasteiger partial charge < -0.3 is 9.84 Å². The molecule has 1 aliphatic heterocycles. The number of alkyl halides is 3. The van der Waals surface area contributed by atoms with Crippen molar-refractivity contribution < 1.29 is 27.8 Å². The largest absolute Gasteiger partial charge is 0.478 e. The lowest BCUT2D eigenvalue weighted by Gasteiger charge is -2.26. The standard InChI is InChI=1S/C11H16F3NO3/c12-11(13,14)9(8-10(16)17)2-1-3-15-4-6-18-7-5-15/h8H,1-7H2,(H,16,17)/b9-8+. The quantitative estimate of drug-likeness (QED) is 0.770. The second kappa shape index (κ2) is 6.75. The summed E-state index contributed by atoms with van der Waals surface area (Å²) >= 11 is 0. The van der Waals surface area contributed by atoms with Crippen LogP contribution in [0, 0.1) is 0 Å². The van der Waals surface area contributed by atoms with Gasteiger partial charge in [0, 0.05) is 24.7 Å². The van der Waals surface area contributed by atoms with E-state index in [9.17, 15) is 18.0 Å². The molecule has 0 bridgehead atoms. The third kappa shape index (κ3) is 5.50. The fraction of sp³-hybridized carbons (Fsp3) is 0.727. The minimum absolute atomic E-state index is 0.249. The Morgan fingerprint density at radius 1 is 1.33 bits per heavy atom. The first kappa shape index (κ1) is 15.0. The third-order valence-corrected chi connectivity index (χ3v) is 2.69. The van der Waals surface area contributed by atoms with Gasteiger partial charge in [0.1, 0.15) is 0 Å². The molecule has 0 radical (unpaired) electrons. The van der Waals surface area contributed by atoms with Gasteiger partial charge in [-0.3, -0.25) is 4.90 Å². The number of carboxylic acids is 1. The van der Waals surface area contributed by atoms with Crippen molar-refractivity contribution in [3.8, 4) is 0 Å². The van der Waals surface area contributed by atoms with Crippen LogP contribution in [0.1, 0.15) is 12.8 Å². The smallest absolute Gasteiger partial charge is 0.412 e. The van der Waals surface area contributed by atoms with Crippen molar-refractivity contribution in [3.05, 3.63) is 11.6 Å². The van der Waals surface area contributed by atoms with Crippen molar-refractivity contribution in [1.82, 2.24) is 4.90 Å². The van der Waals surface area contributed by atoms with E-state index in [4.69, 9.17) is 9.84 Å². The second-order valence-corrected chi connectivity index (χ2v) is 4.06. The highest BCUT2D eigenvalue weighted by Crippen LogP contribution is 2.29. The predicted octanol–water partition coefficient (Wildman–Crippen LogP) is 1.67. The van der Waals surface area contributed by atoms with Gasteiger partial charge in [0.15, 0.2) is 0 Å². The molecule has 1 heterocycles. The molecule has 0 aliphatic carbocycles. The molecule has 0 atom stereocenters. The molecule has 18 heavy (non-hydrogen) atoms. The highest BCUT2D eigenvalue weighted by atomic mass is 19.4. The van der Waals surface area contributed by atoms with E-state index in [-0.39, 0.29) is 12.5 Å². The number of hydrogen-bond donors (Lipinski definition) is 1. The summed E-state index contributed by atoms with van der Waals surface area (Å²) in [5.41, 5.74) is -0.983. The van der Waals surface area contributed by atoms with Crippen LogP contribution in [0.5, 0.6) is 0 Å². The summed E-state index contributed by atoms with van der Waals surface area (Å²) < 4.78 is 42.6. The first-order valence-corrected chi connectivity index (χ1v) is 5.70. The van der Waals surface area contributed by atoms with Gasteiger partial charge in [-0.1, -0.05) is 0 Å². The van der Waals surface area contributed by atoms with Gasteiger partial charge in [0.25, 0.3) is 0 Å². The Hall–Kier alpha value is -1.08. The molecule has 1 aliphatic rings. The average molecular weight is 267 g/mol. The molecule has 1 fully saturated rings. The molecule has 104 valence electrons. The Labute approximate surface area is 103 Å². The number of allylic oxidation sites excluding steroid dienone is 1. The first-order chi connectivity index (χ1) is 8.39. The maximum Gasteiger partial charge on any atom is 0.412 e. The molecule has 0 aromatic rings. The summed E-state index contributed by atoms with van der Waals surface area (Å²) in [6.07, 6.45) is -4.30. The van der Waals surface area contributed by atoms with Crippen LogP contribution in [0.4, 0.5) is 13.2 Å². The van der Waals surface area contributed by atoms with E-state index in [0.29, 0.717) is 39.3 Å². The Bertz CT molecular complexity index is 309. The van der Waals surface area contributed by atoms with E-state index in [1.807, 2.05) is 4.90 Å². The van der Waals surface area contributed by atoms with Gasteiger partial charge in [-0.25, -0.2) is 4.79 Å². The minimum Gasteiger partial charge on any atom is -0.478 e. The zero-order valence-electron chi connectivity index (χ0n) is 9.87. The molecule has 0 unspecified atom stereocenters. The van der Waals surface area contributed by atoms with E-state index in [1.165, 1.54) is 0 Å². The monoisotopic (exact) mass is 267 g/mol. The molecule has 0 spiro atoms. The fourth-order valence-corrected chi connectivity index (χ4v) is 1.76. The van der Waals surface area contributed by atoms with Crippen LogP contribution in [0.25, 0.3) is 0 Å². The number of hydrogen-bond acceptors (Lipinski definition) is 3. The molecule has 0 amide bonds. The summed E-state index contributed by atoms with van der Waals surface area (Å²) in [4.78, 5) is 12.3. The molecule has 0 aromatic heterocycles. The topological polar surface area (TPSA) is 49.8 Å². The molecule has 7 heteroatoms. The van der Waals surface area contributed by atoms with Crippen molar-refractivity contribution in [3.63, 3.8) is 0 Å². The number of rotatable bonds is 5. The van der Waals surface area contributed by atoms with E-state index < -0.39 is 17.7 Å². The minimum atomic E-state index is -4.57. The number of morpholine rings is 1. The van der Waals surface area contributed by atoms with Gasteiger partial charge in [-0.2, -0.15) is 13.2 Å². The van der Waals surface area contributed by atoms with Crippen molar-refractivity contribution in [2.45, 2.75) is 19.0 Å². The summed E-state index contributed by atoms with van der Waals surface area (Å²) in [6.45, 7) is 3.14.